The van der Waals surface area contributed by atoms with E-state index in [1.165, 1.54) is 24.3 Å². The number of nitro benzene ring substituents is 1. The highest BCUT2D eigenvalue weighted by molar-refractivity contribution is 5.97. The van der Waals surface area contributed by atoms with Gasteiger partial charge in [-0.15, -0.1) is 0 Å². The highest BCUT2D eigenvalue weighted by Crippen LogP contribution is 2.15. The van der Waals surface area contributed by atoms with E-state index in [0.717, 1.165) is 5.69 Å². The van der Waals surface area contributed by atoms with Crippen molar-refractivity contribution in [2.45, 2.75) is 20.3 Å². The van der Waals surface area contributed by atoms with Crippen LogP contribution in [0.25, 0.3) is 0 Å². The van der Waals surface area contributed by atoms with Crippen LogP contribution in [0.5, 0.6) is 0 Å². The molecule has 7 nitrogen and oxygen atoms in total. The predicted octanol–water partition coefficient (Wildman–Crippen LogP) is 3.76. The van der Waals surface area contributed by atoms with Gasteiger partial charge in [0.1, 0.15) is 0 Å². The largest absolute Gasteiger partial charge is 0.385 e. The fraction of sp³-hybridized carbons (Fsp3) is 0.300. The van der Waals surface area contributed by atoms with Crippen molar-refractivity contribution in [1.82, 2.24) is 4.90 Å². The van der Waals surface area contributed by atoms with Gasteiger partial charge in [0, 0.05) is 55.0 Å². The maximum atomic E-state index is 12.4. The number of nitrogens with zero attached hydrogens (tertiary/aromatic N) is 2. The first-order chi connectivity index (χ1) is 13.0. The van der Waals surface area contributed by atoms with Gasteiger partial charge in [0.2, 0.25) is 0 Å². The lowest BCUT2D eigenvalue weighted by molar-refractivity contribution is -0.384. The van der Waals surface area contributed by atoms with Gasteiger partial charge >= 0.3 is 0 Å². The third-order valence-corrected chi connectivity index (χ3v) is 4.24. The summed E-state index contributed by atoms with van der Waals surface area (Å²) in [5, 5.41) is 13.8. The Kier molecular flexibility index (Phi) is 7.05. The Morgan fingerprint density at radius 2 is 1.70 bits per heavy atom. The van der Waals surface area contributed by atoms with Crippen molar-refractivity contribution in [1.29, 1.82) is 0 Å². The summed E-state index contributed by atoms with van der Waals surface area (Å²) >= 11 is 0. The van der Waals surface area contributed by atoms with Crippen LogP contribution in [0.2, 0.25) is 0 Å². The SMILES string of the molecule is CCN(CC)C(=O)c1cccc(NCCC(=O)c2ccc([N+](=O)[O-])cc2)c1. The van der Waals surface area contributed by atoms with Gasteiger partial charge in [-0.2, -0.15) is 0 Å². The van der Waals surface area contributed by atoms with Gasteiger partial charge in [0.05, 0.1) is 4.92 Å². The monoisotopic (exact) mass is 369 g/mol. The molecule has 142 valence electrons. The second-order valence-corrected chi connectivity index (χ2v) is 5.96. The van der Waals surface area contributed by atoms with Crippen LogP contribution in [-0.2, 0) is 0 Å². The summed E-state index contributed by atoms with van der Waals surface area (Å²) in [5.74, 6) is -0.127. The molecule has 2 rings (SSSR count). The molecule has 0 radical (unpaired) electrons. The number of Topliss-reactive ketones (excluding diaryl/α,β-unsaturated/α-hetero) is 1. The molecule has 0 aliphatic heterocycles. The zero-order valence-corrected chi connectivity index (χ0v) is 15.5. The molecule has 0 fully saturated rings. The van der Waals surface area contributed by atoms with E-state index < -0.39 is 4.92 Å². The standard InChI is InChI=1S/C20H23N3O4/c1-3-22(4-2)20(25)16-6-5-7-17(14-16)21-13-12-19(24)15-8-10-18(11-9-15)23(26)27/h5-11,14,21H,3-4,12-13H2,1-2H3. The van der Waals surface area contributed by atoms with Crippen LogP contribution in [0.15, 0.2) is 48.5 Å². The van der Waals surface area contributed by atoms with Crippen LogP contribution < -0.4 is 5.32 Å². The van der Waals surface area contributed by atoms with Crippen molar-refractivity contribution in [3.63, 3.8) is 0 Å². The summed E-state index contributed by atoms with van der Waals surface area (Å²) in [6, 6.07) is 12.8. The van der Waals surface area contributed by atoms with Crippen LogP contribution in [0, 0.1) is 10.1 Å². The van der Waals surface area contributed by atoms with Crippen molar-refractivity contribution >= 4 is 23.1 Å². The Bertz CT molecular complexity index is 814. The van der Waals surface area contributed by atoms with E-state index in [-0.39, 0.29) is 23.8 Å². The summed E-state index contributed by atoms with van der Waals surface area (Å²) in [5.41, 5.74) is 1.77. The topological polar surface area (TPSA) is 92.6 Å². The van der Waals surface area contributed by atoms with Crippen molar-refractivity contribution in [3.8, 4) is 0 Å². The third kappa shape index (κ3) is 5.37. The minimum Gasteiger partial charge on any atom is -0.385 e. The zero-order chi connectivity index (χ0) is 19.8. The van der Waals surface area contributed by atoms with Crippen molar-refractivity contribution in [2.24, 2.45) is 0 Å². The van der Waals surface area contributed by atoms with E-state index in [1.807, 2.05) is 19.9 Å². The van der Waals surface area contributed by atoms with Crippen LogP contribution in [0.1, 0.15) is 41.0 Å². The first kappa shape index (κ1) is 20.1. The van der Waals surface area contributed by atoms with Crippen molar-refractivity contribution < 1.29 is 14.5 Å². The number of rotatable bonds is 9. The van der Waals surface area contributed by atoms with Crippen LogP contribution in [0.4, 0.5) is 11.4 Å². The number of nitro groups is 1. The molecule has 0 atom stereocenters. The fourth-order valence-electron chi connectivity index (χ4n) is 2.69. The van der Waals surface area contributed by atoms with Crippen LogP contribution in [0.3, 0.4) is 0 Å². The third-order valence-electron chi connectivity index (χ3n) is 4.24. The molecule has 2 aromatic carbocycles. The van der Waals surface area contributed by atoms with Gasteiger partial charge in [-0.1, -0.05) is 6.07 Å². The van der Waals surface area contributed by atoms with Gasteiger partial charge in [0.15, 0.2) is 5.78 Å². The summed E-state index contributed by atoms with van der Waals surface area (Å²) in [6.07, 6.45) is 0.242. The first-order valence-electron chi connectivity index (χ1n) is 8.87. The average Bonchev–Trinajstić information content (AvgIpc) is 2.69. The molecule has 0 saturated heterocycles. The molecule has 1 amide bonds. The number of anilines is 1. The molecule has 0 saturated carbocycles. The Balaban J connectivity index is 1.93. The number of nitrogens with one attached hydrogen (secondary N) is 1. The number of hydrogen-bond donors (Lipinski definition) is 1. The highest BCUT2D eigenvalue weighted by atomic mass is 16.6. The fourth-order valence-corrected chi connectivity index (χ4v) is 2.69. The molecule has 7 heteroatoms. The molecule has 0 heterocycles. The number of carbonyl (C=O) groups is 2. The van der Waals surface area contributed by atoms with E-state index in [2.05, 4.69) is 5.32 Å². The van der Waals surface area contributed by atoms with E-state index in [4.69, 9.17) is 0 Å². The van der Waals surface area contributed by atoms with Crippen LogP contribution >= 0.6 is 0 Å². The Morgan fingerprint density at radius 3 is 2.30 bits per heavy atom. The van der Waals surface area contributed by atoms with Gasteiger partial charge in [-0.25, -0.2) is 0 Å². The van der Waals surface area contributed by atoms with Gasteiger partial charge in [-0.3, -0.25) is 19.7 Å². The molecule has 0 spiro atoms. The number of amides is 1. The molecular weight excluding hydrogens is 346 g/mol. The normalized spacial score (nSPS) is 10.3. The number of carbonyl (C=O) groups excluding carboxylic acids is 2. The van der Waals surface area contributed by atoms with Crippen molar-refractivity contribution in [3.05, 3.63) is 69.8 Å². The van der Waals surface area contributed by atoms with Gasteiger partial charge in [0.25, 0.3) is 11.6 Å². The quantitative estimate of drug-likeness (QED) is 0.413. The first-order valence-corrected chi connectivity index (χ1v) is 8.87. The lowest BCUT2D eigenvalue weighted by Gasteiger charge is -2.19. The molecule has 0 aliphatic rings. The molecule has 0 aliphatic carbocycles. The summed E-state index contributed by atoms with van der Waals surface area (Å²) in [4.78, 5) is 36.5. The van der Waals surface area contributed by atoms with E-state index >= 15 is 0 Å². The Morgan fingerprint density at radius 1 is 1.04 bits per heavy atom. The van der Waals surface area contributed by atoms with Crippen molar-refractivity contribution in [2.75, 3.05) is 25.0 Å². The minimum atomic E-state index is -0.498. The number of ketones is 1. The number of hydrogen-bond acceptors (Lipinski definition) is 5. The van der Waals surface area contributed by atoms with E-state index in [9.17, 15) is 19.7 Å². The lowest BCUT2D eigenvalue weighted by Crippen LogP contribution is -2.30. The maximum absolute atomic E-state index is 12.4. The lowest BCUT2D eigenvalue weighted by atomic mass is 10.1. The van der Waals surface area contributed by atoms with Crippen LogP contribution in [-0.4, -0.2) is 41.1 Å². The van der Waals surface area contributed by atoms with E-state index in [1.54, 1.807) is 23.1 Å². The average molecular weight is 369 g/mol. The molecular formula is C20H23N3O4. The molecule has 0 bridgehead atoms. The number of benzene rings is 2. The number of non-ortho nitro benzene ring substituents is 1. The second-order valence-electron chi connectivity index (χ2n) is 5.96. The van der Waals surface area contributed by atoms with Gasteiger partial charge in [-0.05, 0) is 44.2 Å². The van der Waals surface area contributed by atoms with E-state index in [0.29, 0.717) is 30.8 Å². The smallest absolute Gasteiger partial charge is 0.269 e. The second kappa shape index (κ2) is 9.47. The highest BCUT2D eigenvalue weighted by Gasteiger charge is 2.13. The van der Waals surface area contributed by atoms with Gasteiger partial charge < -0.3 is 10.2 Å². The Hall–Kier alpha value is -3.22. The molecule has 27 heavy (non-hydrogen) atoms. The Labute approximate surface area is 158 Å². The summed E-state index contributed by atoms with van der Waals surface area (Å²) < 4.78 is 0. The molecule has 0 unspecified atom stereocenters. The molecule has 2 aromatic rings. The molecule has 0 aromatic heterocycles. The molecule has 1 N–H and O–H groups in total. The predicted molar refractivity (Wildman–Crippen MR) is 104 cm³/mol. The maximum Gasteiger partial charge on any atom is 0.269 e. The summed E-state index contributed by atoms with van der Waals surface area (Å²) in [6.45, 7) is 5.58. The minimum absolute atomic E-state index is 0.0226. The summed E-state index contributed by atoms with van der Waals surface area (Å²) in [7, 11) is 0. The zero-order valence-electron chi connectivity index (χ0n) is 15.5.